The number of nitrogens with zero attached hydrogens (tertiary/aromatic N) is 1. The summed E-state index contributed by atoms with van der Waals surface area (Å²) in [5.41, 5.74) is 1.91. The van der Waals surface area contributed by atoms with E-state index in [1.807, 2.05) is 37.4 Å². The number of hydrogen-bond donors (Lipinski definition) is 1. The molecule has 0 radical (unpaired) electrons. The van der Waals surface area contributed by atoms with Gasteiger partial charge in [0.15, 0.2) is 0 Å². The molecule has 0 fully saturated rings. The maximum atomic E-state index is 6.26. The summed E-state index contributed by atoms with van der Waals surface area (Å²) in [5, 5.41) is 3.77. The van der Waals surface area contributed by atoms with Crippen molar-refractivity contribution in [1.82, 2.24) is 10.3 Å². The normalized spacial score (nSPS) is 12.0. The molecule has 1 N–H and O–H groups in total. The summed E-state index contributed by atoms with van der Waals surface area (Å²) < 4.78 is 10.8. The van der Waals surface area contributed by atoms with Gasteiger partial charge in [0.05, 0.1) is 17.8 Å². The van der Waals surface area contributed by atoms with Crippen molar-refractivity contribution in [2.75, 3.05) is 14.2 Å². The van der Waals surface area contributed by atoms with Crippen LogP contribution in [0.15, 0.2) is 36.4 Å². The second-order valence-corrected chi connectivity index (χ2v) is 5.07. The summed E-state index contributed by atoms with van der Waals surface area (Å²) >= 11 is 6.26. The van der Waals surface area contributed by atoms with Crippen LogP contribution in [0, 0.1) is 0 Å². The van der Waals surface area contributed by atoms with Crippen LogP contribution in [0.25, 0.3) is 0 Å². The number of pyridine rings is 1. The molecule has 1 aromatic heterocycles. The number of hydrogen-bond acceptors (Lipinski definition) is 4. The van der Waals surface area contributed by atoms with E-state index in [2.05, 4.69) is 17.2 Å². The molecule has 0 bridgehead atoms. The zero-order valence-corrected chi connectivity index (χ0v) is 13.1. The van der Waals surface area contributed by atoms with Crippen molar-refractivity contribution in [1.29, 1.82) is 0 Å². The van der Waals surface area contributed by atoms with Gasteiger partial charge in [0.25, 0.3) is 0 Å². The lowest BCUT2D eigenvalue weighted by Gasteiger charge is -2.13. The highest BCUT2D eigenvalue weighted by Crippen LogP contribution is 2.28. The van der Waals surface area contributed by atoms with Gasteiger partial charge in [0.1, 0.15) is 12.4 Å². The van der Waals surface area contributed by atoms with Crippen molar-refractivity contribution in [2.24, 2.45) is 0 Å². The van der Waals surface area contributed by atoms with E-state index >= 15 is 0 Å². The lowest BCUT2D eigenvalue weighted by Crippen LogP contribution is -2.12. The first-order chi connectivity index (χ1) is 10.1. The predicted molar refractivity (Wildman–Crippen MR) is 84.0 cm³/mol. The van der Waals surface area contributed by atoms with Crippen LogP contribution in [0.1, 0.15) is 24.2 Å². The minimum Gasteiger partial charge on any atom is -0.486 e. The Bertz CT molecular complexity index is 605. The molecule has 5 heteroatoms. The maximum Gasteiger partial charge on any atom is 0.213 e. The van der Waals surface area contributed by atoms with Crippen LogP contribution in [-0.4, -0.2) is 19.1 Å². The average molecular weight is 307 g/mol. The third kappa shape index (κ3) is 4.09. The fourth-order valence-electron chi connectivity index (χ4n) is 1.87. The number of benzene rings is 1. The molecule has 0 aliphatic rings. The highest BCUT2D eigenvalue weighted by molar-refractivity contribution is 6.32. The van der Waals surface area contributed by atoms with Gasteiger partial charge in [-0.25, -0.2) is 4.98 Å². The Kier molecular flexibility index (Phi) is 5.42. The molecule has 0 aliphatic carbocycles. The molecule has 1 heterocycles. The predicted octanol–water partition coefficient (Wildman–Crippen LogP) is 3.60. The van der Waals surface area contributed by atoms with Gasteiger partial charge in [-0.2, -0.15) is 0 Å². The molecule has 21 heavy (non-hydrogen) atoms. The van der Waals surface area contributed by atoms with E-state index in [0.29, 0.717) is 23.3 Å². The SMILES string of the molecule is CNC(C)c1ccc(OCc2cccc(OC)n2)c(Cl)c1. The Morgan fingerprint density at radius 2 is 2.10 bits per heavy atom. The fourth-order valence-corrected chi connectivity index (χ4v) is 2.12. The number of rotatable bonds is 6. The van der Waals surface area contributed by atoms with Gasteiger partial charge in [0.2, 0.25) is 5.88 Å². The van der Waals surface area contributed by atoms with E-state index in [1.54, 1.807) is 13.2 Å². The van der Waals surface area contributed by atoms with Crippen molar-refractivity contribution in [3.05, 3.63) is 52.7 Å². The van der Waals surface area contributed by atoms with Crippen molar-refractivity contribution >= 4 is 11.6 Å². The van der Waals surface area contributed by atoms with Crippen molar-refractivity contribution < 1.29 is 9.47 Å². The molecule has 0 spiro atoms. The van der Waals surface area contributed by atoms with E-state index in [0.717, 1.165) is 11.3 Å². The Morgan fingerprint density at radius 3 is 2.76 bits per heavy atom. The quantitative estimate of drug-likeness (QED) is 0.885. The average Bonchev–Trinajstić information content (AvgIpc) is 2.53. The minimum absolute atomic E-state index is 0.247. The van der Waals surface area contributed by atoms with Crippen LogP contribution in [0.5, 0.6) is 11.6 Å². The van der Waals surface area contributed by atoms with Crippen molar-refractivity contribution in [3.8, 4) is 11.6 Å². The highest BCUT2D eigenvalue weighted by Gasteiger charge is 2.08. The van der Waals surface area contributed by atoms with E-state index < -0.39 is 0 Å². The number of methoxy groups -OCH3 is 1. The topological polar surface area (TPSA) is 43.4 Å². The largest absolute Gasteiger partial charge is 0.486 e. The summed E-state index contributed by atoms with van der Waals surface area (Å²) in [4.78, 5) is 4.29. The maximum absolute atomic E-state index is 6.26. The summed E-state index contributed by atoms with van der Waals surface area (Å²) in [6.45, 7) is 2.42. The van der Waals surface area contributed by atoms with E-state index in [4.69, 9.17) is 21.1 Å². The number of ether oxygens (including phenoxy) is 2. The van der Waals surface area contributed by atoms with Gasteiger partial charge in [-0.1, -0.05) is 23.7 Å². The molecule has 2 aromatic rings. The summed E-state index contributed by atoms with van der Waals surface area (Å²) in [5.74, 6) is 1.22. The van der Waals surface area contributed by atoms with Crippen molar-refractivity contribution in [3.63, 3.8) is 0 Å². The molecule has 1 aromatic carbocycles. The molecule has 0 amide bonds. The molecule has 4 nitrogen and oxygen atoms in total. The molecule has 1 unspecified atom stereocenters. The second-order valence-electron chi connectivity index (χ2n) is 4.66. The third-order valence-corrected chi connectivity index (χ3v) is 3.55. The fraction of sp³-hybridized carbons (Fsp3) is 0.312. The minimum atomic E-state index is 0.247. The summed E-state index contributed by atoms with van der Waals surface area (Å²) in [6.07, 6.45) is 0. The molecular weight excluding hydrogens is 288 g/mol. The van der Waals surface area contributed by atoms with Crippen LogP contribution < -0.4 is 14.8 Å². The van der Waals surface area contributed by atoms with Crippen LogP contribution in [0.3, 0.4) is 0 Å². The van der Waals surface area contributed by atoms with Crippen molar-refractivity contribution in [2.45, 2.75) is 19.6 Å². The molecule has 0 saturated heterocycles. The smallest absolute Gasteiger partial charge is 0.213 e. The standard InChI is InChI=1S/C16H19ClN2O2/c1-11(18-2)12-7-8-15(14(17)9-12)21-10-13-5-4-6-16(19-13)20-3/h4-9,11,18H,10H2,1-3H3. The number of nitrogens with one attached hydrogen (secondary N) is 1. The monoisotopic (exact) mass is 306 g/mol. The number of aromatic nitrogens is 1. The molecule has 2 rings (SSSR count). The Balaban J connectivity index is 2.06. The first-order valence-electron chi connectivity index (χ1n) is 6.73. The van der Waals surface area contributed by atoms with E-state index in [-0.39, 0.29) is 6.04 Å². The van der Waals surface area contributed by atoms with Gasteiger partial charge in [-0.15, -0.1) is 0 Å². The number of halogens is 1. The van der Waals surface area contributed by atoms with E-state index in [9.17, 15) is 0 Å². The van der Waals surface area contributed by atoms with Gasteiger partial charge < -0.3 is 14.8 Å². The molecule has 1 atom stereocenters. The van der Waals surface area contributed by atoms with Gasteiger partial charge in [-0.05, 0) is 37.7 Å². The first-order valence-corrected chi connectivity index (χ1v) is 7.11. The molecule has 0 aliphatic heterocycles. The third-order valence-electron chi connectivity index (χ3n) is 3.25. The Labute approximate surface area is 130 Å². The van der Waals surface area contributed by atoms with Crippen LogP contribution in [0.4, 0.5) is 0 Å². The van der Waals surface area contributed by atoms with Gasteiger partial charge in [-0.3, -0.25) is 0 Å². The summed E-state index contributed by atoms with van der Waals surface area (Å²) in [6, 6.07) is 11.6. The lowest BCUT2D eigenvalue weighted by atomic mass is 10.1. The Morgan fingerprint density at radius 1 is 1.29 bits per heavy atom. The molecule has 0 saturated carbocycles. The van der Waals surface area contributed by atoms with Gasteiger partial charge in [0, 0.05) is 12.1 Å². The van der Waals surface area contributed by atoms with Gasteiger partial charge >= 0.3 is 0 Å². The molecular formula is C16H19ClN2O2. The Hall–Kier alpha value is -1.78. The zero-order valence-electron chi connectivity index (χ0n) is 12.4. The first kappa shape index (κ1) is 15.6. The van der Waals surface area contributed by atoms with Crippen LogP contribution in [-0.2, 0) is 6.61 Å². The summed E-state index contributed by atoms with van der Waals surface area (Å²) in [7, 11) is 3.50. The zero-order chi connectivity index (χ0) is 15.2. The second kappa shape index (κ2) is 7.29. The lowest BCUT2D eigenvalue weighted by molar-refractivity contribution is 0.298. The van der Waals surface area contributed by atoms with Crippen LogP contribution in [0.2, 0.25) is 5.02 Å². The van der Waals surface area contributed by atoms with E-state index in [1.165, 1.54) is 0 Å². The highest BCUT2D eigenvalue weighted by atomic mass is 35.5. The van der Waals surface area contributed by atoms with Crippen LogP contribution >= 0.6 is 11.6 Å². The molecule has 112 valence electrons.